The minimum atomic E-state index is -0.552. The van der Waals surface area contributed by atoms with E-state index >= 15 is 0 Å². The van der Waals surface area contributed by atoms with Crippen LogP contribution in [0, 0.1) is 0 Å². The van der Waals surface area contributed by atoms with Gasteiger partial charge < -0.3 is 4.74 Å². The van der Waals surface area contributed by atoms with Crippen LogP contribution in [0.1, 0.15) is 13.8 Å². The molecule has 1 aromatic rings. The average Bonchev–Trinajstić information content (AvgIpc) is 1.98. The lowest BCUT2D eigenvalue weighted by atomic mass is 10.4. The molecule has 1 rings (SSSR count). The van der Waals surface area contributed by atoms with Crippen LogP contribution in [0.3, 0.4) is 0 Å². The third-order valence-corrected chi connectivity index (χ3v) is 1.74. The second kappa shape index (κ2) is 5.19. The molecule has 1 amide bonds. The third kappa shape index (κ3) is 4.36. The number of halogens is 2. The van der Waals surface area contributed by atoms with Crippen molar-refractivity contribution in [3.8, 4) is 0 Å². The Bertz CT molecular complexity index is 349. The first-order chi connectivity index (χ1) is 6.97. The summed E-state index contributed by atoms with van der Waals surface area (Å²) in [5.41, 5.74) is 0.450. The van der Waals surface area contributed by atoms with Crippen molar-refractivity contribution < 1.29 is 9.53 Å². The molecule has 15 heavy (non-hydrogen) atoms. The van der Waals surface area contributed by atoms with Crippen molar-refractivity contribution in [2.45, 2.75) is 20.0 Å². The number of anilines is 1. The highest BCUT2D eigenvalue weighted by Gasteiger charge is 2.07. The van der Waals surface area contributed by atoms with Crippen molar-refractivity contribution in [3.05, 3.63) is 22.4 Å². The fraction of sp³-hybridized carbons (Fsp3) is 0.333. The number of nitrogens with one attached hydrogen (secondary N) is 1. The zero-order chi connectivity index (χ0) is 11.4. The molecule has 0 radical (unpaired) electrons. The largest absolute Gasteiger partial charge is 0.447 e. The average molecular weight is 249 g/mol. The molecule has 82 valence electrons. The summed E-state index contributed by atoms with van der Waals surface area (Å²) >= 11 is 11.3. The van der Waals surface area contributed by atoms with Gasteiger partial charge in [-0.15, -0.1) is 0 Å². The molecule has 0 aliphatic rings. The molecule has 0 bridgehead atoms. The fourth-order valence-electron chi connectivity index (χ4n) is 0.898. The van der Waals surface area contributed by atoms with Gasteiger partial charge in [-0.1, -0.05) is 23.2 Å². The summed E-state index contributed by atoms with van der Waals surface area (Å²) in [5.74, 6) is 0. The number of rotatable bonds is 2. The van der Waals surface area contributed by atoms with Crippen LogP contribution in [0.2, 0.25) is 10.3 Å². The van der Waals surface area contributed by atoms with E-state index in [1.54, 1.807) is 13.8 Å². The van der Waals surface area contributed by atoms with Gasteiger partial charge in [0.15, 0.2) is 0 Å². The highest BCUT2D eigenvalue weighted by Crippen LogP contribution is 2.18. The second-order valence-electron chi connectivity index (χ2n) is 3.08. The molecular weight excluding hydrogens is 239 g/mol. The highest BCUT2D eigenvalue weighted by molar-refractivity contribution is 6.32. The molecule has 0 saturated heterocycles. The highest BCUT2D eigenvalue weighted by atomic mass is 35.5. The number of pyridine rings is 1. The van der Waals surface area contributed by atoms with Gasteiger partial charge in [-0.3, -0.25) is 5.32 Å². The van der Waals surface area contributed by atoms with Gasteiger partial charge in [0.2, 0.25) is 0 Å². The van der Waals surface area contributed by atoms with Crippen LogP contribution in [0.4, 0.5) is 10.5 Å². The van der Waals surface area contributed by atoms with Crippen LogP contribution in [0.5, 0.6) is 0 Å². The molecule has 1 N–H and O–H groups in total. The molecular formula is C9H10Cl2N2O2. The minimum absolute atomic E-state index is 0.183. The molecule has 0 aliphatic heterocycles. The molecule has 0 unspecified atom stereocenters. The Morgan fingerprint density at radius 3 is 2.40 bits per heavy atom. The van der Waals surface area contributed by atoms with Crippen molar-refractivity contribution in [3.63, 3.8) is 0 Å². The minimum Gasteiger partial charge on any atom is -0.447 e. The molecule has 0 atom stereocenters. The number of ether oxygens (including phenoxy) is 1. The maximum Gasteiger partial charge on any atom is 0.411 e. The summed E-state index contributed by atoms with van der Waals surface area (Å²) in [6.45, 7) is 3.51. The second-order valence-corrected chi connectivity index (χ2v) is 3.85. The Kier molecular flexibility index (Phi) is 4.17. The normalized spacial score (nSPS) is 10.2. The summed E-state index contributed by atoms with van der Waals surface area (Å²) in [6, 6.07) is 2.96. The van der Waals surface area contributed by atoms with E-state index in [2.05, 4.69) is 10.3 Å². The predicted octanol–water partition coefficient (Wildman–Crippen LogP) is 3.35. The molecule has 0 spiro atoms. The Morgan fingerprint density at radius 1 is 1.40 bits per heavy atom. The first kappa shape index (κ1) is 12.1. The van der Waals surface area contributed by atoms with E-state index in [1.165, 1.54) is 12.1 Å². The fourth-order valence-corrected chi connectivity index (χ4v) is 1.36. The van der Waals surface area contributed by atoms with Gasteiger partial charge in [-0.2, -0.15) is 0 Å². The number of carbonyl (C=O) groups is 1. The molecule has 1 aromatic heterocycles. The van der Waals surface area contributed by atoms with Crippen molar-refractivity contribution in [1.29, 1.82) is 0 Å². The maximum atomic E-state index is 11.2. The van der Waals surface area contributed by atoms with E-state index in [1.807, 2.05) is 0 Å². The number of hydrogen-bond donors (Lipinski definition) is 1. The third-order valence-electron chi connectivity index (χ3n) is 1.35. The zero-order valence-corrected chi connectivity index (χ0v) is 9.76. The Balaban J connectivity index is 2.68. The number of amides is 1. The van der Waals surface area contributed by atoms with Gasteiger partial charge >= 0.3 is 6.09 Å². The van der Waals surface area contributed by atoms with E-state index < -0.39 is 6.09 Å². The monoisotopic (exact) mass is 248 g/mol. The topological polar surface area (TPSA) is 51.2 Å². The van der Waals surface area contributed by atoms with E-state index in [9.17, 15) is 4.79 Å². The summed E-state index contributed by atoms with van der Waals surface area (Å²) < 4.78 is 4.88. The first-order valence-corrected chi connectivity index (χ1v) is 5.03. The predicted molar refractivity (Wildman–Crippen MR) is 59.5 cm³/mol. The summed E-state index contributed by atoms with van der Waals surface area (Å²) in [4.78, 5) is 14.9. The van der Waals surface area contributed by atoms with Gasteiger partial charge in [-0.05, 0) is 26.0 Å². The van der Waals surface area contributed by atoms with Gasteiger partial charge in [0.25, 0.3) is 0 Å². The molecule has 4 nitrogen and oxygen atoms in total. The van der Waals surface area contributed by atoms with Crippen LogP contribution < -0.4 is 5.32 Å². The van der Waals surface area contributed by atoms with Gasteiger partial charge in [0.1, 0.15) is 10.3 Å². The summed E-state index contributed by atoms with van der Waals surface area (Å²) in [5, 5.41) is 2.91. The number of carbonyl (C=O) groups excluding carboxylic acids is 1. The Labute approximate surface area is 97.5 Å². The Morgan fingerprint density at radius 2 is 1.93 bits per heavy atom. The van der Waals surface area contributed by atoms with E-state index in [4.69, 9.17) is 27.9 Å². The van der Waals surface area contributed by atoms with Crippen molar-refractivity contribution in [2.24, 2.45) is 0 Å². The summed E-state index contributed by atoms with van der Waals surface area (Å²) in [7, 11) is 0. The van der Waals surface area contributed by atoms with Crippen LogP contribution in [0.15, 0.2) is 12.1 Å². The van der Waals surface area contributed by atoms with Gasteiger partial charge in [0.05, 0.1) is 11.8 Å². The standard InChI is InChI=1S/C9H10Cl2N2O2/c1-5(2)15-9(14)12-6-3-7(10)13-8(11)4-6/h3-5H,1-2H3,(H,12,13,14). The maximum absolute atomic E-state index is 11.2. The molecule has 0 aromatic carbocycles. The smallest absolute Gasteiger partial charge is 0.411 e. The molecule has 1 heterocycles. The van der Waals surface area contributed by atoms with E-state index in [0.29, 0.717) is 5.69 Å². The molecule has 6 heteroatoms. The van der Waals surface area contributed by atoms with Gasteiger partial charge in [-0.25, -0.2) is 9.78 Å². The SMILES string of the molecule is CC(C)OC(=O)Nc1cc(Cl)nc(Cl)c1. The van der Waals surface area contributed by atoms with E-state index in [-0.39, 0.29) is 16.4 Å². The quantitative estimate of drug-likeness (QED) is 0.817. The lowest BCUT2D eigenvalue weighted by Crippen LogP contribution is -2.18. The first-order valence-electron chi connectivity index (χ1n) is 4.28. The van der Waals surface area contributed by atoms with Crippen LogP contribution >= 0.6 is 23.2 Å². The zero-order valence-electron chi connectivity index (χ0n) is 8.25. The van der Waals surface area contributed by atoms with Crippen molar-refractivity contribution in [2.75, 3.05) is 5.32 Å². The van der Waals surface area contributed by atoms with Crippen LogP contribution in [-0.4, -0.2) is 17.2 Å². The number of hydrogen-bond acceptors (Lipinski definition) is 3. The number of aromatic nitrogens is 1. The molecule has 0 saturated carbocycles. The lowest BCUT2D eigenvalue weighted by Gasteiger charge is -2.09. The molecule has 0 aliphatic carbocycles. The lowest BCUT2D eigenvalue weighted by molar-refractivity contribution is 0.130. The van der Waals surface area contributed by atoms with E-state index in [0.717, 1.165) is 0 Å². The van der Waals surface area contributed by atoms with Crippen LogP contribution in [-0.2, 0) is 4.74 Å². The number of nitrogens with zero attached hydrogens (tertiary/aromatic N) is 1. The van der Waals surface area contributed by atoms with Crippen LogP contribution in [0.25, 0.3) is 0 Å². The van der Waals surface area contributed by atoms with Crippen molar-refractivity contribution in [1.82, 2.24) is 4.98 Å². The molecule has 0 fully saturated rings. The summed E-state index contributed by atoms with van der Waals surface area (Å²) in [6.07, 6.45) is -0.735. The Hall–Kier alpha value is -1.00. The van der Waals surface area contributed by atoms with Crippen molar-refractivity contribution >= 4 is 35.0 Å². The van der Waals surface area contributed by atoms with Gasteiger partial charge in [0, 0.05) is 0 Å².